The molecule has 1 saturated carbocycles. The Bertz CT molecular complexity index is 1030. The first-order chi connectivity index (χ1) is 17.8. The minimum Gasteiger partial charge on any atom is -0.492 e. The predicted octanol–water partition coefficient (Wildman–Crippen LogP) is 4.01. The fourth-order valence-corrected chi connectivity index (χ4v) is 6.42. The molecule has 0 aromatic heterocycles. The van der Waals surface area contributed by atoms with Crippen LogP contribution in [0.15, 0.2) is 18.2 Å². The van der Waals surface area contributed by atoms with Gasteiger partial charge in [0, 0.05) is 27.3 Å². The van der Waals surface area contributed by atoms with Crippen LogP contribution < -0.4 is 9.46 Å². The number of hydrogen-bond acceptors (Lipinski definition) is 7. The average Bonchev–Trinajstić information content (AvgIpc) is 3.61. The van der Waals surface area contributed by atoms with Crippen molar-refractivity contribution in [2.24, 2.45) is 5.92 Å². The lowest BCUT2D eigenvalue weighted by Crippen LogP contribution is -2.41. The maximum Gasteiger partial charge on any atom is 0.241 e. The van der Waals surface area contributed by atoms with E-state index in [4.69, 9.17) is 21.1 Å². The highest BCUT2D eigenvalue weighted by Crippen LogP contribution is 2.33. The predicted molar refractivity (Wildman–Crippen MR) is 152 cm³/mol. The quantitative estimate of drug-likeness (QED) is 0.209. The Morgan fingerprint density at radius 1 is 1.21 bits per heavy atom. The largest absolute Gasteiger partial charge is 0.492 e. The van der Waals surface area contributed by atoms with Gasteiger partial charge in [0.1, 0.15) is 12.5 Å². The van der Waals surface area contributed by atoms with Gasteiger partial charge < -0.3 is 14.6 Å². The molecule has 1 aromatic rings. The van der Waals surface area contributed by atoms with Crippen LogP contribution in [0.2, 0.25) is 30.7 Å². The molecular formula is C26H44ClN3O6SSi. The van der Waals surface area contributed by atoms with Gasteiger partial charge in [-0.2, -0.15) is 0 Å². The summed E-state index contributed by atoms with van der Waals surface area (Å²) < 4.78 is 39.5. The first-order valence-electron chi connectivity index (χ1n) is 13.6. The van der Waals surface area contributed by atoms with Crippen molar-refractivity contribution in [1.82, 2.24) is 14.5 Å². The van der Waals surface area contributed by atoms with Gasteiger partial charge in [-0.1, -0.05) is 43.7 Å². The molecule has 12 heteroatoms. The maximum absolute atomic E-state index is 12.7. The fourth-order valence-electron chi connectivity index (χ4n) is 4.12. The summed E-state index contributed by atoms with van der Waals surface area (Å²) in [7, 11) is -4.70. The highest BCUT2D eigenvalue weighted by atomic mass is 35.5. The van der Waals surface area contributed by atoms with E-state index in [1.54, 1.807) is 24.0 Å². The van der Waals surface area contributed by atoms with Gasteiger partial charge in [-0.3, -0.25) is 14.6 Å². The van der Waals surface area contributed by atoms with Crippen LogP contribution in [0.1, 0.15) is 50.6 Å². The number of aliphatic hydroxyl groups is 1. The molecule has 2 atom stereocenters. The van der Waals surface area contributed by atoms with Gasteiger partial charge in [-0.15, -0.1) is 0 Å². The van der Waals surface area contributed by atoms with E-state index < -0.39 is 30.5 Å². The molecule has 1 unspecified atom stereocenters. The minimum atomic E-state index is -3.48. The Balaban J connectivity index is 1.35. The molecule has 0 bridgehead atoms. The van der Waals surface area contributed by atoms with Crippen LogP contribution in [0.5, 0.6) is 5.75 Å². The lowest BCUT2D eigenvalue weighted by atomic mass is 10.1. The van der Waals surface area contributed by atoms with Crippen molar-refractivity contribution in [2.45, 2.75) is 77.1 Å². The van der Waals surface area contributed by atoms with E-state index in [0.29, 0.717) is 55.7 Å². The molecule has 3 rings (SSSR count). The third-order valence-electron chi connectivity index (χ3n) is 6.83. The monoisotopic (exact) mass is 589 g/mol. The van der Waals surface area contributed by atoms with E-state index in [-0.39, 0.29) is 24.9 Å². The summed E-state index contributed by atoms with van der Waals surface area (Å²) in [6, 6.07) is 5.94. The summed E-state index contributed by atoms with van der Waals surface area (Å²) in [6.07, 6.45) is 3.18. The Hall–Kier alpha value is -1.21. The van der Waals surface area contributed by atoms with E-state index >= 15 is 0 Å². The Morgan fingerprint density at radius 3 is 2.63 bits per heavy atom. The number of nitrogens with zero attached hydrogens (tertiary/aromatic N) is 2. The summed E-state index contributed by atoms with van der Waals surface area (Å²) >= 11 is 6.24. The molecule has 1 amide bonds. The van der Waals surface area contributed by atoms with Crippen molar-refractivity contribution in [3.63, 3.8) is 0 Å². The molecule has 1 aliphatic carbocycles. The minimum absolute atomic E-state index is 0.00844. The number of halogens is 1. The van der Waals surface area contributed by atoms with Crippen LogP contribution in [-0.4, -0.2) is 82.4 Å². The normalized spacial score (nSPS) is 19.8. The van der Waals surface area contributed by atoms with Crippen molar-refractivity contribution in [3.8, 4) is 5.75 Å². The van der Waals surface area contributed by atoms with Crippen molar-refractivity contribution in [2.75, 3.05) is 38.8 Å². The van der Waals surface area contributed by atoms with E-state index in [9.17, 15) is 18.3 Å². The molecule has 1 saturated heterocycles. The fraction of sp³-hybridized carbons (Fsp3) is 0.731. The lowest BCUT2D eigenvalue weighted by Gasteiger charge is -2.25. The number of sulfonamides is 1. The number of nitrogens with one attached hydrogen (secondary N) is 1. The number of carbonyl (C=O) groups excluding carboxylic acids is 1. The first kappa shape index (κ1) is 31.3. The van der Waals surface area contributed by atoms with E-state index in [1.807, 2.05) is 6.07 Å². The van der Waals surface area contributed by atoms with Crippen LogP contribution in [0.3, 0.4) is 0 Å². The number of benzene rings is 1. The highest BCUT2D eigenvalue weighted by molar-refractivity contribution is 7.89. The van der Waals surface area contributed by atoms with Crippen LogP contribution in [0.4, 0.5) is 0 Å². The smallest absolute Gasteiger partial charge is 0.241 e. The zero-order valence-electron chi connectivity index (χ0n) is 23.1. The Morgan fingerprint density at radius 2 is 1.95 bits per heavy atom. The first-order valence-corrected chi connectivity index (χ1v) is 19.3. The van der Waals surface area contributed by atoms with Crippen LogP contribution in [-0.2, 0) is 19.6 Å². The molecular weight excluding hydrogens is 546 g/mol. The van der Waals surface area contributed by atoms with E-state index in [2.05, 4.69) is 24.4 Å². The highest BCUT2D eigenvalue weighted by Gasteiger charge is 2.36. The third-order valence-corrected chi connectivity index (χ3v) is 10.4. The summed E-state index contributed by atoms with van der Waals surface area (Å²) in [4.78, 5) is 15.3. The Kier molecular flexibility index (Phi) is 11.5. The van der Waals surface area contributed by atoms with Gasteiger partial charge in [0.15, 0.2) is 6.35 Å². The number of aliphatic hydroxyl groups excluding tert-OH is 1. The van der Waals surface area contributed by atoms with Gasteiger partial charge in [-0.05, 0) is 62.3 Å². The molecule has 0 spiro atoms. The van der Waals surface area contributed by atoms with Crippen LogP contribution in [0, 0.1) is 5.92 Å². The summed E-state index contributed by atoms with van der Waals surface area (Å²) in [5.74, 6) is 1.03. The second-order valence-electron chi connectivity index (χ2n) is 11.7. The van der Waals surface area contributed by atoms with Gasteiger partial charge >= 0.3 is 0 Å². The van der Waals surface area contributed by atoms with Crippen molar-refractivity contribution >= 4 is 35.6 Å². The summed E-state index contributed by atoms with van der Waals surface area (Å²) in [5, 5.41) is 11.0. The molecule has 1 aliphatic heterocycles. The van der Waals surface area contributed by atoms with E-state index in [0.717, 1.165) is 11.6 Å². The van der Waals surface area contributed by atoms with Gasteiger partial charge in [0.2, 0.25) is 15.9 Å². The molecule has 9 nitrogen and oxygen atoms in total. The summed E-state index contributed by atoms with van der Waals surface area (Å²) in [6.45, 7) is 10.5. The Labute approximate surface area is 233 Å². The molecule has 1 aromatic carbocycles. The summed E-state index contributed by atoms with van der Waals surface area (Å²) in [5.41, 5.74) is 0.797. The zero-order valence-corrected chi connectivity index (χ0v) is 25.7. The molecule has 0 radical (unpaired) electrons. The van der Waals surface area contributed by atoms with Gasteiger partial charge in [0.25, 0.3) is 0 Å². The number of unbranched alkanes of at least 4 members (excludes halogenated alkanes) is 2. The van der Waals surface area contributed by atoms with Gasteiger partial charge in [-0.25, -0.2) is 13.1 Å². The van der Waals surface area contributed by atoms with E-state index in [1.165, 1.54) is 17.7 Å². The standard InChI is InChI=1S/C26H44ClN3O6SSi/c1-20(22-10-11-23(27)24(16-22)36-18-21-8-9-21)28-37(33,34)14-7-5-6-12-29-17-25(31)30(26(29)32)19-35-13-15-38(2,3)4/h10-11,16,20-21,26,28,32H,5-9,12-15,17-19H2,1-4H3/t20-,26?/m0/s1. The molecule has 38 heavy (non-hydrogen) atoms. The third kappa shape index (κ3) is 10.4. The zero-order chi connectivity index (χ0) is 27.9. The van der Waals surface area contributed by atoms with Gasteiger partial charge in [0.05, 0.1) is 23.9 Å². The number of amides is 1. The van der Waals surface area contributed by atoms with Crippen molar-refractivity contribution < 1.29 is 27.8 Å². The van der Waals surface area contributed by atoms with Crippen molar-refractivity contribution in [3.05, 3.63) is 28.8 Å². The SMILES string of the molecule is C[C@H](NS(=O)(=O)CCCCCN1CC(=O)N(COCC[Si](C)(C)C)C1O)c1ccc(Cl)c(OCC2CC2)c1. The second-order valence-corrected chi connectivity index (χ2v) is 19.6. The van der Waals surface area contributed by atoms with Crippen LogP contribution in [0.25, 0.3) is 0 Å². The average molecular weight is 590 g/mol. The number of carbonyl (C=O) groups is 1. The maximum atomic E-state index is 12.7. The number of hydrogen-bond donors (Lipinski definition) is 2. The molecule has 1 heterocycles. The molecule has 2 N–H and O–H groups in total. The topological polar surface area (TPSA) is 108 Å². The lowest BCUT2D eigenvalue weighted by molar-refractivity contribution is -0.146. The second kappa shape index (κ2) is 13.9. The number of ether oxygens (including phenoxy) is 2. The molecule has 216 valence electrons. The van der Waals surface area contributed by atoms with Crippen molar-refractivity contribution in [1.29, 1.82) is 0 Å². The molecule has 2 aliphatic rings. The number of rotatable bonds is 17. The van der Waals surface area contributed by atoms with Crippen LogP contribution >= 0.6 is 11.6 Å². The molecule has 2 fully saturated rings.